The van der Waals surface area contributed by atoms with Crippen LogP contribution in [0.25, 0.3) is 0 Å². The van der Waals surface area contributed by atoms with Gasteiger partial charge in [-0.25, -0.2) is 0 Å². The standard InChI is InChI=1S/C15H21NO4/c1-15(2,3)12(14(18)19)13(17)16-9-10-6-5-7-11(8-10)20-4/h5-8,12H,9H2,1-4H3,(H,16,17)(H,18,19). The average Bonchev–Trinajstić information content (AvgIpc) is 2.34. The van der Waals surface area contributed by atoms with E-state index in [2.05, 4.69) is 5.32 Å². The highest BCUT2D eigenvalue weighted by Gasteiger charge is 2.37. The highest BCUT2D eigenvalue weighted by molar-refractivity contribution is 5.97. The third kappa shape index (κ3) is 4.26. The predicted octanol–water partition coefficient (Wildman–Crippen LogP) is 2.06. The van der Waals surface area contributed by atoms with Gasteiger partial charge in [0, 0.05) is 6.54 Å². The molecule has 1 rings (SSSR count). The summed E-state index contributed by atoms with van der Waals surface area (Å²) in [6.07, 6.45) is 0. The Morgan fingerprint density at radius 1 is 1.35 bits per heavy atom. The number of amides is 1. The van der Waals surface area contributed by atoms with E-state index in [4.69, 9.17) is 4.74 Å². The minimum atomic E-state index is -1.11. The van der Waals surface area contributed by atoms with Crippen molar-refractivity contribution in [3.8, 4) is 5.75 Å². The van der Waals surface area contributed by atoms with Gasteiger partial charge in [-0.05, 0) is 23.1 Å². The Hall–Kier alpha value is -2.04. The van der Waals surface area contributed by atoms with Crippen molar-refractivity contribution in [1.82, 2.24) is 5.32 Å². The Labute approximate surface area is 118 Å². The van der Waals surface area contributed by atoms with Gasteiger partial charge >= 0.3 is 5.97 Å². The van der Waals surface area contributed by atoms with E-state index in [-0.39, 0.29) is 6.54 Å². The van der Waals surface area contributed by atoms with Crippen LogP contribution in [0.2, 0.25) is 0 Å². The van der Waals surface area contributed by atoms with Crippen molar-refractivity contribution in [2.24, 2.45) is 11.3 Å². The summed E-state index contributed by atoms with van der Waals surface area (Å²) < 4.78 is 5.09. The number of hydrogen-bond acceptors (Lipinski definition) is 3. The van der Waals surface area contributed by atoms with E-state index in [1.165, 1.54) is 0 Å². The molecule has 0 heterocycles. The first-order valence-electron chi connectivity index (χ1n) is 6.39. The lowest BCUT2D eigenvalue weighted by atomic mass is 9.80. The number of aliphatic carboxylic acids is 1. The molecule has 2 N–H and O–H groups in total. The van der Waals surface area contributed by atoms with E-state index < -0.39 is 23.2 Å². The normalized spacial score (nSPS) is 12.6. The lowest BCUT2D eigenvalue weighted by Gasteiger charge is -2.25. The van der Waals surface area contributed by atoms with Gasteiger partial charge in [0.1, 0.15) is 11.7 Å². The van der Waals surface area contributed by atoms with Crippen LogP contribution >= 0.6 is 0 Å². The molecule has 0 fully saturated rings. The van der Waals surface area contributed by atoms with Gasteiger partial charge in [-0.1, -0.05) is 32.9 Å². The van der Waals surface area contributed by atoms with Crippen molar-refractivity contribution in [2.75, 3.05) is 7.11 Å². The lowest BCUT2D eigenvalue weighted by molar-refractivity contribution is -0.151. The molecule has 0 aliphatic carbocycles. The van der Waals surface area contributed by atoms with Crippen LogP contribution in [0.15, 0.2) is 24.3 Å². The SMILES string of the molecule is COc1cccc(CNC(=O)C(C(=O)O)C(C)(C)C)c1. The van der Waals surface area contributed by atoms with Crippen molar-refractivity contribution < 1.29 is 19.4 Å². The number of benzene rings is 1. The maximum Gasteiger partial charge on any atom is 0.316 e. The number of carbonyl (C=O) groups excluding carboxylic acids is 1. The van der Waals surface area contributed by atoms with Gasteiger partial charge < -0.3 is 15.2 Å². The summed E-state index contributed by atoms with van der Waals surface area (Å²) in [7, 11) is 1.57. The molecule has 110 valence electrons. The topological polar surface area (TPSA) is 75.6 Å². The molecule has 1 amide bonds. The van der Waals surface area contributed by atoms with Gasteiger partial charge in [-0.2, -0.15) is 0 Å². The molecule has 1 aromatic rings. The van der Waals surface area contributed by atoms with Crippen LogP contribution in [-0.4, -0.2) is 24.1 Å². The number of ether oxygens (including phenoxy) is 1. The molecule has 1 aromatic carbocycles. The van der Waals surface area contributed by atoms with Crippen molar-refractivity contribution in [3.63, 3.8) is 0 Å². The number of nitrogens with one attached hydrogen (secondary N) is 1. The minimum absolute atomic E-state index is 0.274. The lowest BCUT2D eigenvalue weighted by Crippen LogP contribution is -2.42. The minimum Gasteiger partial charge on any atom is -0.497 e. The van der Waals surface area contributed by atoms with E-state index in [0.29, 0.717) is 5.75 Å². The molecule has 0 aliphatic rings. The smallest absolute Gasteiger partial charge is 0.316 e. The van der Waals surface area contributed by atoms with Crippen LogP contribution in [-0.2, 0) is 16.1 Å². The fraction of sp³-hybridized carbons (Fsp3) is 0.467. The average molecular weight is 279 g/mol. The summed E-state index contributed by atoms with van der Waals surface area (Å²) in [4.78, 5) is 23.3. The largest absolute Gasteiger partial charge is 0.497 e. The van der Waals surface area contributed by atoms with Gasteiger partial charge in [-0.15, -0.1) is 0 Å². The first kappa shape index (κ1) is 16.0. The number of carboxylic acids is 1. The molecule has 5 heteroatoms. The highest BCUT2D eigenvalue weighted by atomic mass is 16.5. The number of carbonyl (C=O) groups is 2. The maximum absolute atomic E-state index is 12.0. The Morgan fingerprint density at radius 2 is 2.00 bits per heavy atom. The molecular formula is C15H21NO4. The van der Waals surface area contributed by atoms with Crippen LogP contribution in [0.5, 0.6) is 5.75 Å². The maximum atomic E-state index is 12.0. The highest BCUT2D eigenvalue weighted by Crippen LogP contribution is 2.26. The van der Waals surface area contributed by atoms with E-state index >= 15 is 0 Å². The van der Waals surface area contributed by atoms with Crippen molar-refractivity contribution >= 4 is 11.9 Å². The second-order valence-electron chi connectivity index (χ2n) is 5.71. The van der Waals surface area contributed by atoms with E-state index in [9.17, 15) is 14.7 Å². The molecule has 0 radical (unpaired) electrons. The van der Waals surface area contributed by atoms with E-state index in [1.807, 2.05) is 12.1 Å². The zero-order valence-electron chi connectivity index (χ0n) is 12.3. The van der Waals surface area contributed by atoms with E-state index in [1.54, 1.807) is 40.0 Å². The van der Waals surface area contributed by atoms with Gasteiger partial charge in [0.15, 0.2) is 0 Å². The molecule has 1 atom stereocenters. The first-order chi connectivity index (χ1) is 9.25. The molecule has 5 nitrogen and oxygen atoms in total. The van der Waals surface area contributed by atoms with Gasteiger partial charge in [0.2, 0.25) is 5.91 Å². The monoisotopic (exact) mass is 279 g/mol. The summed E-state index contributed by atoms with van der Waals surface area (Å²) in [6, 6.07) is 7.27. The molecule has 0 aliphatic heterocycles. The molecule has 0 aromatic heterocycles. The zero-order valence-corrected chi connectivity index (χ0v) is 12.3. The molecule has 0 bridgehead atoms. The van der Waals surface area contributed by atoms with E-state index in [0.717, 1.165) is 5.56 Å². The number of rotatable bonds is 5. The molecule has 0 saturated carbocycles. The van der Waals surface area contributed by atoms with Gasteiger partial charge in [0.05, 0.1) is 7.11 Å². The fourth-order valence-corrected chi connectivity index (χ4v) is 1.95. The number of carboxylic acid groups (broad SMARTS) is 1. The van der Waals surface area contributed by atoms with Crippen molar-refractivity contribution in [3.05, 3.63) is 29.8 Å². The van der Waals surface area contributed by atoms with Gasteiger partial charge in [0.25, 0.3) is 0 Å². The van der Waals surface area contributed by atoms with Crippen molar-refractivity contribution in [2.45, 2.75) is 27.3 Å². The van der Waals surface area contributed by atoms with Crippen LogP contribution < -0.4 is 10.1 Å². The fourth-order valence-electron chi connectivity index (χ4n) is 1.95. The van der Waals surface area contributed by atoms with Gasteiger partial charge in [-0.3, -0.25) is 9.59 Å². The molecule has 1 unspecified atom stereocenters. The van der Waals surface area contributed by atoms with Crippen LogP contribution in [0, 0.1) is 11.3 Å². The zero-order chi connectivity index (χ0) is 15.3. The second-order valence-corrected chi connectivity index (χ2v) is 5.71. The quantitative estimate of drug-likeness (QED) is 0.809. The van der Waals surface area contributed by atoms with Crippen LogP contribution in [0.3, 0.4) is 0 Å². The Morgan fingerprint density at radius 3 is 2.50 bits per heavy atom. The van der Waals surface area contributed by atoms with Crippen molar-refractivity contribution in [1.29, 1.82) is 0 Å². The summed E-state index contributed by atoms with van der Waals surface area (Å²) in [5, 5.41) is 11.8. The van der Waals surface area contributed by atoms with Crippen LogP contribution in [0.1, 0.15) is 26.3 Å². The second kappa shape index (κ2) is 6.41. The third-order valence-corrected chi connectivity index (χ3v) is 2.98. The molecular weight excluding hydrogens is 258 g/mol. The Bertz CT molecular complexity index is 491. The van der Waals surface area contributed by atoms with Crippen LogP contribution in [0.4, 0.5) is 0 Å². The third-order valence-electron chi connectivity index (χ3n) is 2.98. The molecule has 0 saturated heterocycles. The number of hydrogen-bond donors (Lipinski definition) is 2. The Kier molecular flexibility index (Phi) is 5.13. The Balaban J connectivity index is 2.72. The number of methoxy groups -OCH3 is 1. The molecule has 0 spiro atoms. The first-order valence-corrected chi connectivity index (χ1v) is 6.39. The summed E-state index contributed by atoms with van der Waals surface area (Å²) >= 11 is 0. The predicted molar refractivity (Wildman–Crippen MR) is 75.4 cm³/mol. The summed E-state index contributed by atoms with van der Waals surface area (Å²) in [5.41, 5.74) is 0.223. The summed E-state index contributed by atoms with van der Waals surface area (Å²) in [5.74, 6) is -1.97. The summed E-state index contributed by atoms with van der Waals surface area (Å²) in [6.45, 7) is 5.47. The molecule has 20 heavy (non-hydrogen) atoms.